The van der Waals surface area contributed by atoms with Gasteiger partial charge in [-0.2, -0.15) is 0 Å². The molecule has 1 aliphatic rings. The summed E-state index contributed by atoms with van der Waals surface area (Å²) in [4.78, 5) is 24.2. The number of nitrogens with one attached hydrogen (secondary N) is 2. The summed E-state index contributed by atoms with van der Waals surface area (Å²) in [6.45, 7) is 1.89. The second-order valence-corrected chi connectivity index (χ2v) is 6.00. The van der Waals surface area contributed by atoms with Crippen molar-refractivity contribution < 1.29 is 23.7 Å². The largest absolute Gasteiger partial charge is 0.472 e. The van der Waals surface area contributed by atoms with Gasteiger partial charge in [0.2, 0.25) is 5.91 Å². The van der Waals surface area contributed by atoms with Gasteiger partial charge in [-0.15, -0.1) is 0 Å². The number of hydrogen-bond acceptors (Lipinski definition) is 7. The average Bonchev–Trinajstić information content (AvgIpc) is 3.04. The van der Waals surface area contributed by atoms with Crippen LogP contribution in [0.3, 0.4) is 0 Å². The van der Waals surface area contributed by atoms with Crippen molar-refractivity contribution in [3.05, 3.63) is 40.5 Å². The zero-order chi connectivity index (χ0) is 18.5. The first kappa shape index (κ1) is 18.2. The molecule has 0 radical (unpaired) electrons. The molecule has 0 saturated carbocycles. The smallest absolute Gasteiger partial charge is 0.278 e. The molecule has 2 aromatic rings. The summed E-state index contributed by atoms with van der Waals surface area (Å²) in [7, 11) is 0. The molecule has 0 aliphatic carbocycles. The number of ether oxygens (including phenoxy) is 2. The Morgan fingerprint density at radius 1 is 1.42 bits per heavy atom. The number of hydrogen-bond donors (Lipinski definition) is 2. The molecule has 2 heterocycles. The molecule has 2 N–H and O–H groups in total. The van der Waals surface area contributed by atoms with Crippen LogP contribution in [0, 0.1) is 6.92 Å². The highest BCUT2D eigenvalue weighted by Crippen LogP contribution is 2.28. The first-order chi connectivity index (χ1) is 12.6. The molecule has 138 valence electrons. The Labute approximate surface area is 153 Å². The lowest BCUT2D eigenvalue weighted by molar-refractivity contribution is -0.148. The van der Waals surface area contributed by atoms with Crippen molar-refractivity contribution in [3.8, 4) is 5.88 Å². The number of benzene rings is 1. The maximum atomic E-state index is 12.5. The number of nitrogens with zero attached hydrogens (tertiary/aromatic N) is 2. The van der Waals surface area contributed by atoms with Crippen LogP contribution in [-0.2, 0) is 14.3 Å². The van der Waals surface area contributed by atoms with E-state index >= 15 is 0 Å². The van der Waals surface area contributed by atoms with Crippen LogP contribution in [0.2, 0.25) is 5.02 Å². The van der Waals surface area contributed by atoms with Gasteiger partial charge in [0.05, 0.1) is 12.6 Å². The molecular weight excluding hydrogens is 364 g/mol. The van der Waals surface area contributed by atoms with Gasteiger partial charge in [-0.25, -0.2) is 4.63 Å². The van der Waals surface area contributed by atoms with Crippen LogP contribution in [-0.4, -0.2) is 48.0 Å². The number of amides is 2. The molecule has 26 heavy (non-hydrogen) atoms. The molecule has 10 heteroatoms. The van der Waals surface area contributed by atoms with E-state index in [4.69, 9.17) is 21.1 Å². The van der Waals surface area contributed by atoms with Gasteiger partial charge in [-0.3, -0.25) is 9.59 Å². The number of aromatic nitrogens is 2. The minimum Gasteiger partial charge on any atom is -0.472 e. The fraction of sp³-hybridized carbons (Fsp3) is 0.375. The van der Waals surface area contributed by atoms with Gasteiger partial charge in [0.1, 0.15) is 18.9 Å². The second kappa shape index (κ2) is 8.15. The highest BCUT2D eigenvalue weighted by Gasteiger charge is 2.36. The van der Waals surface area contributed by atoms with Crippen LogP contribution in [0.1, 0.15) is 17.3 Å². The van der Waals surface area contributed by atoms with E-state index < -0.39 is 12.1 Å². The average molecular weight is 381 g/mol. The van der Waals surface area contributed by atoms with Crippen molar-refractivity contribution in [2.75, 3.05) is 19.8 Å². The monoisotopic (exact) mass is 380 g/mol. The predicted molar refractivity (Wildman–Crippen MR) is 89.6 cm³/mol. The highest BCUT2D eigenvalue weighted by atomic mass is 35.5. The first-order valence-corrected chi connectivity index (χ1v) is 8.29. The lowest BCUT2D eigenvalue weighted by Crippen LogP contribution is -2.52. The zero-order valence-electron chi connectivity index (χ0n) is 13.9. The van der Waals surface area contributed by atoms with Crippen LogP contribution in [0.15, 0.2) is 28.9 Å². The zero-order valence-corrected chi connectivity index (χ0v) is 14.7. The molecule has 2 amide bonds. The predicted octanol–water partition coefficient (Wildman–Crippen LogP) is 0.783. The summed E-state index contributed by atoms with van der Waals surface area (Å²) in [6.07, 6.45) is -0.900. The lowest BCUT2D eigenvalue weighted by atomic mass is 9.99. The van der Waals surface area contributed by atoms with Gasteiger partial charge in [0, 0.05) is 5.02 Å². The normalized spacial score (nSPS) is 19.7. The molecule has 0 bridgehead atoms. The van der Waals surface area contributed by atoms with E-state index in [0.29, 0.717) is 16.3 Å². The minimum atomic E-state index is -0.900. The summed E-state index contributed by atoms with van der Waals surface area (Å²) in [6, 6.07) is 6.30. The third-order valence-electron chi connectivity index (χ3n) is 3.76. The summed E-state index contributed by atoms with van der Waals surface area (Å²) in [5.74, 6) is -0.417. The number of morpholine rings is 1. The Morgan fingerprint density at radius 3 is 2.96 bits per heavy atom. The SMILES string of the molecule is Cc1nonc1OCCNC(=O)[C@H]1OCC(=O)N[C@@H]1c1ccccc1Cl. The third kappa shape index (κ3) is 4.12. The van der Waals surface area contributed by atoms with Crippen LogP contribution < -0.4 is 15.4 Å². The van der Waals surface area contributed by atoms with Gasteiger partial charge in [-0.05, 0) is 23.7 Å². The molecule has 3 rings (SSSR count). The van der Waals surface area contributed by atoms with Crippen molar-refractivity contribution in [2.24, 2.45) is 0 Å². The summed E-state index contributed by atoms with van der Waals surface area (Å²) in [5, 5.41) is 13.1. The summed E-state index contributed by atoms with van der Waals surface area (Å²) >= 11 is 6.19. The molecule has 0 unspecified atom stereocenters. The number of carbonyl (C=O) groups is 2. The highest BCUT2D eigenvalue weighted by molar-refractivity contribution is 6.31. The Bertz CT molecular complexity index is 796. The Hall–Kier alpha value is -2.65. The van der Waals surface area contributed by atoms with E-state index in [1.165, 1.54) is 0 Å². The Morgan fingerprint density at radius 2 is 2.23 bits per heavy atom. The standard InChI is InChI=1S/C16H17ClN4O5/c1-9-16(21-26-20-9)24-7-6-18-15(23)14-13(19-12(22)8-25-14)10-4-2-3-5-11(10)17/h2-5,13-14H,6-8H2,1H3,(H,18,23)(H,19,22)/t13-,14+/m1/s1. The van der Waals surface area contributed by atoms with Crippen molar-refractivity contribution >= 4 is 23.4 Å². The molecule has 1 aromatic carbocycles. The maximum absolute atomic E-state index is 12.5. The lowest BCUT2D eigenvalue weighted by Gasteiger charge is -2.32. The van der Waals surface area contributed by atoms with E-state index in [-0.39, 0.29) is 37.5 Å². The van der Waals surface area contributed by atoms with E-state index in [1.54, 1.807) is 31.2 Å². The molecule has 1 aromatic heterocycles. The van der Waals surface area contributed by atoms with Gasteiger partial charge in [-0.1, -0.05) is 35.0 Å². The van der Waals surface area contributed by atoms with Crippen LogP contribution in [0.5, 0.6) is 5.88 Å². The molecule has 1 aliphatic heterocycles. The van der Waals surface area contributed by atoms with Gasteiger partial charge in [0.15, 0.2) is 6.10 Å². The molecule has 9 nitrogen and oxygen atoms in total. The van der Waals surface area contributed by atoms with Crippen molar-refractivity contribution in [1.82, 2.24) is 20.9 Å². The van der Waals surface area contributed by atoms with Crippen LogP contribution in [0.25, 0.3) is 0 Å². The molecule has 1 fully saturated rings. The number of carbonyl (C=O) groups excluding carboxylic acids is 2. The quantitative estimate of drug-likeness (QED) is 0.711. The molecule has 1 saturated heterocycles. The van der Waals surface area contributed by atoms with Gasteiger partial charge >= 0.3 is 0 Å². The van der Waals surface area contributed by atoms with E-state index in [0.717, 1.165) is 0 Å². The molecule has 2 atom stereocenters. The van der Waals surface area contributed by atoms with Crippen LogP contribution in [0.4, 0.5) is 0 Å². The Kier molecular flexibility index (Phi) is 5.69. The first-order valence-electron chi connectivity index (χ1n) is 7.91. The topological polar surface area (TPSA) is 116 Å². The fourth-order valence-corrected chi connectivity index (χ4v) is 2.78. The molecule has 0 spiro atoms. The van der Waals surface area contributed by atoms with Crippen LogP contribution >= 0.6 is 11.6 Å². The maximum Gasteiger partial charge on any atom is 0.278 e. The minimum absolute atomic E-state index is 0.177. The fourth-order valence-electron chi connectivity index (χ4n) is 2.52. The van der Waals surface area contributed by atoms with Gasteiger partial charge in [0.25, 0.3) is 11.8 Å². The van der Waals surface area contributed by atoms with E-state index in [1.807, 2.05) is 0 Å². The number of aryl methyl sites for hydroxylation is 1. The van der Waals surface area contributed by atoms with E-state index in [2.05, 4.69) is 25.6 Å². The van der Waals surface area contributed by atoms with E-state index in [9.17, 15) is 9.59 Å². The number of halogens is 1. The number of rotatable bonds is 6. The molecular formula is C16H17ClN4O5. The van der Waals surface area contributed by atoms with Gasteiger partial charge < -0.3 is 20.1 Å². The second-order valence-electron chi connectivity index (χ2n) is 5.59. The summed E-state index contributed by atoms with van der Waals surface area (Å²) < 4.78 is 15.3. The third-order valence-corrected chi connectivity index (χ3v) is 4.11. The van der Waals surface area contributed by atoms with Crippen molar-refractivity contribution in [3.63, 3.8) is 0 Å². The summed E-state index contributed by atoms with van der Waals surface area (Å²) in [5.41, 5.74) is 1.14. The van der Waals surface area contributed by atoms with Crippen molar-refractivity contribution in [2.45, 2.75) is 19.1 Å². The Balaban J connectivity index is 1.60. The van der Waals surface area contributed by atoms with Crippen molar-refractivity contribution in [1.29, 1.82) is 0 Å².